The first kappa shape index (κ1) is 13.4. The highest BCUT2D eigenvalue weighted by atomic mass is 19.2. The van der Waals surface area contributed by atoms with Gasteiger partial charge in [0, 0.05) is 31.9 Å². The molecular formula is C14H19F2NO. The summed E-state index contributed by atoms with van der Waals surface area (Å²) in [6, 6.07) is 4.28. The molecule has 1 N–H and O–H groups in total. The first-order valence-corrected chi connectivity index (χ1v) is 6.32. The van der Waals surface area contributed by atoms with E-state index in [9.17, 15) is 8.78 Å². The SMILES string of the molecule is CC1(CNCc2cccc(F)c2F)CCOCC1. The molecule has 1 saturated heterocycles. The summed E-state index contributed by atoms with van der Waals surface area (Å²) < 4.78 is 31.8. The number of ether oxygens (including phenoxy) is 1. The summed E-state index contributed by atoms with van der Waals surface area (Å²) in [6.45, 7) is 4.93. The molecule has 0 aliphatic carbocycles. The highest BCUT2D eigenvalue weighted by molar-refractivity contribution is 5.18. The van der Waals surface area contributed by atoms with Crippen LogP contribution in [0.2, 0.25) is 0 Å². The summed E-state index contributed by atoms with van der Waals surface area (Å²) in [5.74, 6) is -1.53. The molecule has 18 heavy (non-hydrogen) atoms. The Balaban J connectivity index is 1.86. The molecule has 1 aliphatic heterocycles. The van der Waals surface area contributed by atoms with Crippen molar-refractivity contribution >= 4 is 0 Å². The summed E-state index contributed by atoms with van der Waals surface area (Å²) in [4.78, 5) is 0. The Hall–Kier alpha value is -1.00. The van der Waals surface area contributed by atoms with Crippen LogP contribution in [0.15, 0.2) is 18.2 Å². The Morgan fingerprint density at radius 1 is 1.28 bits per heavy atom. The summed E-state index contributed by atoms with van der Waals surface area (Å²) in [7, 11) is 0. The van der Waals surface area contributed by atoms with Crippen molar-refractivity contribution in [3.63, 3.8) is 0 Å². The fourth-order valence-corrected chi connectivity index (χ4v) is 2.22. The van der Waals surface area contributed by atoms with Gasteiger partial charge >= 0.3 is 0 Å². The maximum atomic E-state index is 13.4. The van der Waals surface area contributed by atoms with Gasteiger partial charge in [-0.25, -0.2) is 8.78 Å². The van der Waals surface area contributed by atoms with Gasteiger partial charge in [-0.15, -0.1) is 0 Å². The first-order chi connectivity index (χ1) is 8.61. The molecule has 0 saturated carbocycles. The van der Waals surface area contributed by atoms with Crippen LogP contribution in [-0.2, 0) is 11.3 Å². The lowest BCUT2D eigenvalue weighted by Gasteiger charge is -2.33. The van der Waals surface area contributed by atoms with Gasteiger partial charge in [0.1, 0.15) is 0 Å². The smallest absolute Gasteiger partial charge is 0.163 e. The van der Waals surface area contributed by atoms with Crippen LogP contribution in [0.1, 0.15) is 25.3 Å². The number of rotatable bonds is 4. The Morgan fingerprint density at radius 3 is 2.72 bits per heavy atom. The zero-order valence-corrected chi connectivity index (χ0v) is 10.6. The predicted molar refractivity (Wildman–Crippen MR) is 66.2 cm³/mol. The average Bonchev–Trinajstić information content (AvgIpc) is 2.35. The van der Waals surface area contributed by atoms with Crippen molar-refractivity contribution in [2.45, 2.75) is 26.3 Å². The number of hydrogen-bond donors (Lipinski definition) is 1. The molecule has 0 radical (unpaired) electrons. The fraction of sp³-hybridized carbons (Fsp3) is 0.571. The second-order valence-electron chi connectivity index (χ2n) is 5.24. The normalized spacial score (nSPS) is 18.8. The molecule has 4 heteroatoms. The van der Waals surface area contributed by atoms with Gasteiger partial charge in [0.2, 0.25) is 0 Å². The van der Waals surface area contributed by atoms with E-state index in [1.807, 2.05) is 0 Å². The Kier molecular flexibility index (Phi) is 4.30. The van der Waals surface area contributed by atoms with Crippen molar-refractivity contribution in [3.05, 3.63) is 35.4 Å². The van der Waals surface area contributed by atoms with Crippen molar-refractivity contribution < 1.29 is 13.5 Å². The maximum absolute atomic E-state index is 13.4. The van der Waals surface area contributed by atoms with Gasteiger partial charge in [0.05, 0.1) is 0 Å². The quantitative estimate of drug-likeness (QED) is 0.893. The van der Waals surface area contributed by atoms with Crippen molar-refractivity contribution in [2.75, 3.05) is 19.8 Å². The van der Waals surface area contributed by atoms with Crippen LogP contribution < -0.4 is 5.32 Å². The fourth-order valence-electron chi connectivity index (χ4n) is 2.22. The third kappa shape index (κ3) is 3.27. The van der Waals surface area contributed by atoms with Crippen LogP contribution >= 0.6 is 0 Å². The number of benzene rings is 1. The lowest BCUT2D eigenvalue weighted by atomic mass is 9.82. The minimum absolute atomic E-state index is 0.196. The summed E-state index contributed by atoms with van der Waals surface area (Å²) in [5.41, 5.74) is 0.577. The molecule has 0 aromatic heterocycles. The summed E-state index contributed by atoms with van der Waals surface area (Å²) >= 11 is 0. The molecule has 1 aliphatic rings. The van der Waals surface area contributed by atoms with E-state index in [4.69, 9.17) is 4.74 Å². The second-order valence-corrected chi connectivity index (χ2v) is 5.24. The van der Waals surface area contributed by atoms with E-state index in [0.717, 1.165) is 38.7 Å². The average molecular weight is 255 g/mol. The minimum Gasteiger partial charge on any atom is -0.381 e. The molecule has 1 fully saturated rings. The molecule has 0 atom stereocenters. The van der Waals surface area contributed by atoms with E-state index < -0.39 is 11.6 Å². The van der Waals surface area contributed by atoms with E-state index in [0.29, 0.717) is 12.1 Å². The molecule has 0 bridgehead atoms. The largest absolute Gasteiger partial charge is 0.381 e. The molecule has 1 aromatic rings. The molecule has 0 amide bonds. The van der Waals surface area contributed by atoms with Crippen LogP contribution in [-0.4, -0.2) is 19.8 Å². The molecule has 1 heterocycles. The van der Waals surface area contributed by atoms with Gasteiger partial charge in [-0.1, -0.05) is 19.1 Å². The van der Waals surface area contributed by atoms with Crippen LogP contribution in [0.3, 0.4) is 0 Å². The van der Waals surface area contributed by atoms with Crippen molar-refractivity contribution in [1.29, 1.82) is 0 Å². The van der Waals surface area contributed by atoms with E-state index in [-0.39, 0.29) is 5.41 Å². The number of halogens is 2. The standard InChI is InChI=1S/C14H19F2NO/c1-14(5-7-18-8-6-14)10-17-9-11-3-2-4-12(15)13(11)16/h2-4,17H,5-10H2,1H3. The molecule has 2 nitrogen and oxygen atoms in total. The first-order valence-electron chi connectivity index (χ1n) is 6.32. The topological polar surface area (TPSA) is 21.3 Å². The summed E-state index contributed by atoms with van der Waals surface area (Å²) in [6.07, 6.45) is 2.01. The third-order valence-corrected chi connectivity index (χ3v) is 3.60. The number of nitrogens with one attached hydrogen (secondary N) is 1. The second kappa shape index (κ2) is 5.76. The molecule has 1 aromatic carbocycles. The summed E-state index contributed by atoms with van der Waals surface area (Å²) in [5, 5.41) is 3.22. The van der Waals surface area contributed by atoms with E-state index in [1.54, 1.807) is 6.07 Å². The predicted octanol–water partition coefficient (Wildman–Crippen LogP) is 2.87. The highest BCUT2D eigenvalue weighted by Crippen LogP contribution is 2.28. The van der Waals surface area contributed by atoms with Gasteiger partial charge < -0.3 is 10.1 Å². The van der Waals surface area contributed by atoms with Crippen molar-refractivity contribution in [2.24, 2.45) is 5.41 Å². The number of hydrogen-bond acceptors (Lipinski definition) is 2. The van der Waals surface area contributed by atoms with Gasteiger partial charge in [-0.2, -0.15) is 0 Å². The van der Waals surface area contributed by atoms with Crippen molar-refractivity contribution in [3.8, 4) is 0 Å². The molecule has 100 valence electrons. The van der Waals surface area contributed by atoms with E-state index in [2.05, 4.69) is 12.2 Å². The van der Waals surface area contributed by atoms with Gasteiger partial charge in [0.15, 0.2) is 11.6 Å². The van der Waals surface area contributed by atoms with Crippen LogP contribution in [0, 0.1) is 17.0 Å². The Bertz CT molecular complexity index is 403. The molecule has 0 unspecified atom stereocenters. The lowest BCUT2D eigenvalue weighted by molar-refractivity contribution is 0.0239. The maximum Gasteiger partial charge on any atom is 0.163 e. The van der Waals surface area contributed by atoms with Crippen molar-refractivity contribution in [1.82, 2.24) is 5.32 Å². The van der Waals surface area contributed by atoms with E-state index in [1.165, 1.54) is 6.07 Å². The van der Waals surface area contributed by atoms with Crippen LogP contribution in [0.25, 0.3) is 0 Å². The Morgan fingerprint density at radius 2 is 2.00 bits per heavy atom. The zero-order valence-electron chi connectivity index (χ0n) is 10.6. The van der Waals surface area contributed by atoms with Crippen LogP contribution in [0.5, 0.6) is 0 Å². The highest BCUT2D eigenvalue weighted by Gasteiger charge is 2.26. The van der Waals surface area contributed by atoms with Gasteiger partial charge in [-0.05, 0) is 24.3 Å². The molecular weight excluding hydrogens is 236 g/mol. The molecule has 0 spiro atoms. The molecule has 2 rings (SSSR count). The van der Waals surface area contributed by atoms with E-state index >= 15 is 0 Å². The van der Waals surface area contributed by atoms with Gasteiger partial charge in [-0.3, -0.25) is 0 Å². The Labute approximate surface area is 106 Å². The van der Waals surface area contributed by atoms with Crippen LogP contribution in [0.4, 0.5) is 8.78 Å². The van der Waals surface area contributed by atoms with Gasteiger partial charge in [0.25, 0.3) is 0 Å². The minimum atomic E-state index is -0.786. The monoisotopic (exact) mass is 255 g/mol. The third-order valence-electron chi connectivity index (χ3n) is 3.60. The zero-order chi connectivity index (χ0) is 13.0. The lowest BCUT2D eigenvalue weighted by Crippen LogP contribution is -2.36.